The van der Waals surface area contributed by atoms with E-state index in [9.17, 15) is 18.0 Å². The molecule has 2 rings (SSSR count). The molecule has 1 aromatic rings. The van der Waals surface area contributed by atoms with Crippen molar-refractivity contribution in [2.24, 2.45) is 0 Å². The second-order valence-electron chi connectivity index (χ2n) is 4.91. The van der Waals surface area contributed by atoms with Crippen molar-refractivity contribution in [3.63, 3.8) is 0 Å². The predicted molar refractivity (Wildman–Crippen MR) is 67.2 cm³/mol. The first-order valence-corrected chi connectivity index (χ1v) is 6.40. The zero-order chi connectivity index (χ0) is 14.8. The zero-order valence-electron chi connectivity index (χ0n) is 11.1. The van der Waals surface area contributed by atoms with Gasteiger partial charge in [-0.1, -0.05) is 0 Å². The molecular weight excluding hydrogens is 271 g/mol. The Kier molecular flexibility index (Phi) is 4.27. The van der Waals surface area contributed by atoms with Crippen LogP contribution < -0.4 is 5.32 Å². The monoisotopic (exact) mass is 287 g/mol. The molecule has 0 aliphatic carbocycles. The molecule has 1 aromatic heterocycles. The third-order valence-corrected chi connectivity index (χ3v) is 3.31. The van der Waals surface area contributed by atoms with Crippen LogP contribution in [0, 0.1) is 0 Å². The Hall–Kier alpha value is -1.63. The van der Waals surface area contributed by atoms with Gasteiger partial charge in [-0.2, -0.15) is 13.2 Å². The number of aromatic nitrogens is 1. The van der Waals surface area contributed by atoms with Crippen LogP contribution in [-0.4, -0.2) is 42.0 Å². The molecule has 0 aromatic carbocycles. The van der Waals surface area contributed by atoms with E-state index in [-0.39, 0.29) is 17.6 Å². The van der Waals surface area contributed by atoms with Crippen LogP contribution >= 0.6 is 0 Å². The maximum atomic E-state index is 12.4. The summed E-state index contributed by atoms with van der Waals surface area (Å²) in [4.78, 5) is 17.1. The Bertz CT molecular complexity index is 467. The summed E-state index contributed by atoms with van der Waals surface area (Å²) >= 11 is 0. The second-order valence-corrected chi connectivity index (χ2v) is 4.91. The minimum absolute atomic E-state index is 0.0264. The molecule has 1 saturated heterocycles. The Morgan fingerprint density at radius 1 is 1.50 bits per heavy atom. The standard InChI is InChI=1S/C13H16F3N3O/c1-19(8-10-3-2-6-17-10)12(20)11-5-4-9(7-18-11)13(14,15)16/h4-5,7,10,17H,2-3,6,8H2,1H3. The molecule has 2 heterocycles. The highest BCUT2D eigenvalue weighted by Crippen LogP contribution is 2.28. The summed E-state index contributed by atoms with van der Waals surface area (Å²) < 4.78 is 37.2. The molecule has 1 aliphatic rings. The van der Waals surface area contributed by atoms with Crippen molar-refractivity contribution in [3.05, 3.63) is 29.6 Å². The highest BCUT2D eigenvalue weighted by atomic mass is 19.4. The van der Waals surface area contributed by atoms with E-state index >= 15 is 0 Å². The molecule has 1 fully saturated rings. The van der Waals surface area contributed by atoms with Crippen molar-refractivity contribution in [2.75, 3.05) is 20.1 Å². The largest absolute Gasteiger partial charge is 0.417 e. The third-order valence-electron chi connectivity index (χ3n) is 3.31. The van der Waals surface area contributed by atoms with Crippen LogP contribution in [0.3, 0.4) is 0 Å². The lowest BCUT2D eigenvalue weighted by Crippen LogP contribution is -2.38. The smallest absolute Gasteiger partial charge is 0.339 e. The van der Waals surface area contributed by atoms with Gasteiger partial charge in [0.2, 0.25) is 0 Å². The van der Waals surface area contributed by atoms with Gasteiger partial charge >= 0.3 is 6.18 Å². The predicted octanol–water partition coefficient (Wildman–Crippen LogP) is 1.92. The molecule has 1 unspecified atom stereocenters. The highest BCUT2D eigenvalue weighted by Gasteiger charge is 2.31. The molecule has 1 N–H and O–H groups in total. The van der Waals surface area contributed by atoms with Crippen molar-refractivity contribution < 1.29 is 18.0 Å². The molecule has 20 heavy (non-hydrogen) atoms. The molecule has 0 radical (unpaired) electrons. The van der Waals surface area contributed by atoms with Crippen molar-refractivity contribution in [3.8, 4) is 0 Å². The number of hydrogen-bond acceptors (Lipinski definition) is 3. The van der Waals surface area contributed by atoms with E-state index < -0.39 is 11.7 Å². The first-order valence-electron chi connectivity index (χ1n) is 6.40. The number of amides is 1. The lowest BCUT2D eigenvalue weighted by molar-refractivity contribution is -0.137. The summed E-state index contributed by atoms with van der Waals surface area (Å²) in [6, 6.07) is 2.24. The molecule has 1 atom stereocenters. The molecule has 1 aliphatic heterocycles. The number of hydrogen-bond donors (Lipinski definition) is 1. The summed E-state index contributed by atoms with van der Waals surface area (Å²) in [6.45, 7) is 1.47. The number of alkyl halides is 3. The fraction of sp³-hybridized carbons (Fsp3) is 0.538. The van der Waals surface area contributed by atoms with E-state index in [1.807, 2.05) is 0 Å². The van der Waals surface area contributed by atoms with E-state index in [0.717, 1.165) is 31.5 Å². The van der Waals surface area contributed by atoms with Gasteiger partial charge in [0.15, 0.2) is 0 Å². The summed E-state index contributed by atoms with van der Waals surface area (Å²) in [5, 5.41) is 3.26. The number of likely N-dealkylation sites (N-methyl/N-ethyl adjacent to an activating group) is 1. The molecular formula is C13H16F3N3O. The van der Waals surface area contributed by atoms with Crippen LogP contribution in [0.25, 0.3) is 0 Å². The normalized spacial score (nSPS) is 19.1. The number of rotatable bonds is 3. The van der Waals surface area contributed by atoms with E-state index in [0.29, 0.717) is 12.7 Å². The molecule has 1 amide bonds. The van der Waals surface area contributed by atoms with E-state index in [2.05, 4.69) is 10.3 Å². The number of nitrogens with one attached hydrogen (secondary N) is 1. The number of pyridine rings is 1. The zero-order valence-corrected chi connectivity index (χ0v) is 11.1. The van der Waals surface area contributed by atoms with Crippen LogP contribution in [0.5, 0.6) is 0 Å². The molecule has 0 bridgehead atoms. The van der Waals surface area contributed by atoms with Crippen molar-refractivity contribution >= 4 is 5.91 Å². The van der Waals surface area contributed by atoms with Gasteiger partial charge in [0.25, 0.3) is 5.91 Å². The van der Waals surface area contributed by atoms with Gasteiger partial charge in [-0.25, -0.2) is 0 Å². The quantitative estimate of drug-likeness (QED) is 0.924. The number of carbonyl (C=O) groups is 1. The van der Waals surface area contributed by atoms with E-state index in [4.69, 9.17) is 0 Å². The van der Waals surface area contributed by atoms with Gasteiger partial charge in [0.05, 0.1) is 5.56 Å². The Balaban J connectivity index is 2.01. The lowest BCUT2D eigenvalue weighted by Gasteiger charge is -2.21. The van der Waals surface area contributed by atoms with Crippen molar-refractivity contribution in [1.82, 2.24) is 15.2 Å². The average molecular weight is 287 g/mol. The summed E-state index contributed by atoms with van der Waals surface area (Å²) in [5.41, 5.74) is -0.826. The van der Waals surface area contributed by atoms with Crippen LogP contribution in [-0.2, 0) is 6.18 Å². The fourth-order valence-electron chi connectivity index (χ4n) is 2.21. The molecule has 0 saturated carbocycles. The van der Waals surface area contributed by atoms with Gasteiger partial charge in [-0.05, 0) is 31.5 Å². The summed E-state index contributed by atoms with van der Waals surface area (Å²) in [6.07, 6.45) is -1.67. The number of carbonyl (C=O) groups excluding carboxylic acids is 1. The van der Waals surface area contributed by atoms with Gasteiger partial charge in [-0.3, -0.25) is 9.78 Å². The lowest BCUT2D eigenvalue weighted by atomic mass is 10.2. The molecule has 4 nitrogen and oxygen atoms in total. The minimum Gasteiger partial charge on any atom is -0.339 e. The van der Waals surface area contributed by atoms with Gasteiger partial charge < -0.3 is 10.2 Å². The fourth-order valence-corrected chi connectivity index (χ4v) is 2.21. The minimum atomic E-state index is -4.44. The van der Waals surface area contributed by atoms with E-state index in [1.54, 1.807) is 7.05 Å². The Morgan fingerprint density at radius 2 is 2.25 bits per heavy atom. The Morgan fingerprint density at radius 3 is 2.75 bits per heavy atom. The molecule has 0 spiro atoms. The SMILES string of the molecule is CN(CC1CCCN1)C(=O)c1ccc(C(F)(F)F)cn1. The average Bonchev–Trinajstić information content (AvgIpc) is 2.90. The highest BCUT2D eigenvalue weighted by molar-refractivity contribution is 5.92. The van der Waals surface area contributed by atoms with Crippen LogP contribution in [0.2, 0.25) is 0 Å². The maximum absolute atomic E-state index is 12.4. The maximum Gasteiger partial charge on any atom is 0.417 e. The molecule has 110 valence electrons. The summed E-state index contributed by atoms with van der Waals surface area (Å²) in [5.74, 6) is -0.368. The Labute approximate surface area is 115 Å². The van der Waals surface area contributed by atoms with Gasteiger partial charge in [-0.15, -0.1) is 0 Å². The van der Waals surface area contributed by atoms with Crippen LogP contribution in [0.4, 0.5) is 13.2 Å². The molecule has 7 heteroatoms. The summed E-state index contributed by atoms with van der Waals surface area (Å²) in [7, 11) is 1.63. The van der Waals surface area contributed by atoms with Crippen LogP contribution in [0.1, 0.15) is 28.9 Å². The van der Waals surface area contributed by atoms with Crippen molar-refractivity contribution in [1.29, 1.82) is 0 Å². The number of halogens is 3. The first kappa shape index (κ1) is 14.8. The van der Waals surface area contributed by atoms with Gasteiger partial charge in [0, 0.05) is 25.8 Å². The van der Waals surface area contributed by atoms with E-state index in [1.165, 1.54) is 4.90 Å². The van der Waals surface area contributed by atoms with Crippen LogP contribution in [0.15, 0.2) is 18.3 Å². The third kappa shape index (κ3) is 3.47. The first-order chi connectivity index (χ1) is 9.38. The van der Waals surface area contributed by atoms with Crippen molar-refractivity contribution in [2.45, 2.75) is 25.1 Å². The van der Waals surface area contributed by atoms with Gasteiger partial charge in [0.1, 0.15) is 5.69 Å². The number of nitrogens with zero attached hydrogens (tertiary/aromatic N) is 2. The topological polar surface area (TPSA) is 45.2 Å². The second kappa shape index (κ2) is 5.78.